The molecule has 0 radical (unpaired) electrons. The number of esters is 1. The number of fused-ring (bicyclic) bond motifs is 1. The maximum atomic E-state index is 12.7. The molecule has 1 saturated heterocycles. The third-order valence-electron chi connectivity index (χ3n) is 6.19. The fourth-order valence-corrected chi connectivity index (χ4v) is 4.68. The highest BCUT2D eigenvalue weighted by atomic mass is 35.5. The minimum atomic E-state index is -0.193. The Balaban J connectivity index is 1.48. The van der Waals surface area contributed by atoms with Gasteiger partial charge in [-0.3, -0.25) is 4.79 Å². The van der Waals surface area contributed by atoms with Gasteiger partial charge in [0.2, 0.25) is 0 Å². The van der Waals surface area contributed by atoms with Gasteiger partial charge >= 0.3 is 5.97 Å². The van der Waals surface area contributed by atoms with Crippen LogP contribution >= 0.6 is 11.6 Å². The highest BCUT2D eigenvalue weighted by molar-refractivity contribution is 6.30. The molecule has 0 N–H and O–H groups in total. The van der Waals surface area contributed by atoms with Gasteiger partial charge < -0.3 is 14.2 Å². The highest BCUT2D eigenvalue weighted by Gasteiger charge is 2.34. The third kappa shape index (κ3) is 4.00. The van der Waals surface area contributed by atoms with Gasteiger partial charge in [-0.2, -0.15) is 5.10 Å². The molecule has 3 aromatic rings. The number of carbonyl (C=O) groups is 1. The number of halogens is 1. The van der Waals surface area contributed by atoms with E-state index in [0.717, 1.165) is 46.8 Å². The molecule has 1 fully saturated rings. The quantitative estimate of drug-likeness (QED) is 0.528. The van der Waals surface area contributed by atoms with Gasteiger partial charge in [0, 0.05) is 42.2 Å². The zero-order valence-corrected chi connectivity index (χ0v) is 18.7. The normalized spacial score (nSPS) is 18.4. The van der Waals surface area contributed by atoms with Crippen LogP contribution in [0.2, 0.25) is 5.02 Å². The smallest absolute Gasteiger partial charge is 0.309 e. The van der Waals surface area contributed by atoms with E-state index in [2.05, 4.69) is 0 Å². The van der Waals surface area contributed by atoms with Gasteiger partial charge in [0.1, 0.15) is 17.5 Å². The van der Waals surface area contributed by atoms with E-state index in [1.807, 2.05) is 53.2 Å². The second-order valence-electron chi connectivity index (χ2n) is 8.22. The van der Waals surface area contributed by atoms with E-state index >= 15 is 0 Å². The maximum absolute atomic E-state index is 12.7. The fraction of sp³-hybridized carbons (Fsp3) is 0.360. The second-order valence-corrected chi connectivity index (χ2v) is 8.65. The lowest BCUT2D eigenvalue weighted by Crippen LogP contribution is -2.29. The Morgan fingerprint density at radius 1 is 1.09 bits per heavy atom. The van der Waals surface area contributed by atoms with Crippen molar-refractivity contribution >= 4 is 17.6 Å². The molecule has 2 aromatic carbocycles. The standard InChI is InChI=1S/C25H25ClN2O4/c1-30-23-5-3-2-4-22(23)28-24(16-6-8-18(26)9-7-16)20-14-19(15-21(20)27-28)32-25(29)17-10-12-31-13-11-17/h2-9,17,19H,10-15H2,1H3. The fourth-order valence-electron chi connectivity index (χ4n) is 4.55. The summed E-state index contributed by atoms with van der Waals surface area (Å²) in [7, 11) is 1.66. The molecule has 2 aliphatic rings. The molecular formula is C25H25ClN2O4. The zero-order valence-electron chi connectivity index (χ0n) is 17.9. The molecule has 166 valence electrons. The van der Waals surface area contributed by atoms with Crippen molar-refractivity contribution in [1.82, 2.24) is 9.78 Å². The SMILES string of the molecule is COc1ccccc1-n1nc2c(c1-c1ccc(Cl)cc1)CC(OC(=O)C1CCOCC1)C2. The van der Waals surface area contributed by atoms with Gasteiger partial charge in [0.15, 0.2) is 0 Å². The molecule has 2 heterocycles. The number of benzene rings is 2. The predicted octanol–water partition coefficient (Wildman–Crippen LogP) is 4.64. The van der Waals surface area contributed by atoms with Crippen molar-refractivity contribution in [2.45, 2.75) is 31.8 Å². The number of aromatic nitrogens is 2. The number of hydrogen-bond donors (Lipinski definition) is 0. The van der Waals surface area contributed by atoms with Crippen LogP contribution in [-0.2, 0) is 27.1 Å². The molecule has 1 atom stereocenters. The molecule has 32 heavy (non-hydrogen) atoms. The summed E-state index contributed by atoms with van der Waals surface area (Å²) in [6.45, 7) is 1.24. The van der Waals surface area contributed by atoms with Crippen molar-refractivity contribution < 1.29 is 19.0 Å². The summed E-state index contributed by atoms with van der Waals surface area (Å²) >= 11 is 6.14. The molecular weight excluding hydrogens is 428 g/mol. The van der Waals surface area contributed by atoms with Crippen molar-refractivity contribution in [1.29, 1.82) is 0 Å². The summed E-state index contributed by atoms with van der Waals surface area (Å²) in [5.74, 6) is 0.557. The summed E-state index contributed by atoms with van der Waals surface area (Å²) < 4.78 is 18.8. The molecule has 1 aromatic heterocycles. The summed E-state index contributed by atoms with van der Waals surface area (Å²) in [5, 5.41) is 5.61. The highest BCUT2D eigenvalue weighted by Crippen LogP contribution is 2.38. The summed E-state index contributed by atoms with van der Waals surface area (Å²) in [6.07, 6.45) is 2.51. The van der Waals surface area contributed by atoms with Crippen molar-refractivity contribution in [3.63, 3.8) is 0 Å². The van der Waals surface area contributed by atoms with Crippen LogP contribution < -0.4 is 4.74 Å². The van der Waals surface area contributed by atoms with E-state index in [0.29, 0.717) is 31.1 Å². The Labute approximate surface area is 192 Å². The summed E-state index contributed by atoms with van der Waals surface area (Å²) in [6, 6.07) is 15.6. The maximum Gasteiger partial charge on any atom is 0.309 e. The Bertz CT molecular complexity index is 1120. The molecule has 5 rings (SSSR count). The lowest BCUT2D eigenvalue weighted by Gasteiger charge is -2.22. The third-order valence-corrected chi connectivity index (χ3v) is 6.44. The number of hydrogen-bond acceptors (Lipinski definition) is 5. The number of rotatable bonds is 5. The van der Waals surface area contributed by atoms with Crippen molar-refractivity contribution in [3.8, 4) is 22.7 Å². The number of para-hydroxylation sites is 2. The summed E-state index contributed by atoms with van der Waals surface area (Å²) in [5.41, 5.74) is 4.90. The van der Waals surface area contributed by atoms with Crippen molar-refractivity contribution in [3.05, 3.63) is 64.8 Å². The zero-order chi connectivity index (χ0) is 22.1. The van der Waals surface area contributed by atoms with E-state index in [1.165, 1.54) is 0 Å². The van der Waals surface area contributed by atoms with Crippen molar-refractivity contribution in [2.75, 3.05) is 20.3 Å². The second kappa shape index (κ2) is 8.96. The molecule has 1 unspecified atom stereocenters. The lowest BCUT2D eigenvalue weighted by molar-refractivity contribution is -0.156. The van der Waals surface area contributed by atoms with Gasteiger partial charge in [0.05, 0.1) is 24.4 Å². The molecule has 1 aliphatic carbocycles. The molecule has 0 bridgehead atoms. The predicted molar refractivity (Wildman–Crippen MR) is 121 cm³/mol. The topological polar surface area (TPSA) is 62.6 Å². The van der Waals surface area contributed by atoms with Gasteiger partial charge in [-0.05, 0) is 37.1 Å². The van der Waals surface area contributed by atoms with Gasteiger partial charge in [-0.15, -0.1) is 0 Å². The first-order chi connectivity index (χ1) is 15.6. The molecule has 6 nitrogen and oxygen atoms in total. The van der Waals surface area contributed by atoms with Crippen molar-refractivity contribution in [2.24, 2.45) is 5.92 Å². The van der Waals surface area contributed by atoms with Crippen LogP contribution in [-0.4, -0.2) is 42.2 Å². The van der Waals surface area contributed by atoms with Crippen LogP contribution in [0, 0.1) is 5.92 Å². The average molecular weight is 453 g/mol. The van der Waals surface area contributed by atoms with Crippen LogP contribution in [0.1, 0.15) is 24.1 Å². The minimum Gasteiger partial charge on any atom is -0.494 e. The largest absolute Gasteiger partial charge is 0.494 e. The first-order valence-corrected chi connectivity index (χ1v) is 11.3. The van der Waals surface area contributed by atoms with Gasteiger partial charge in [-0.25, -0.2) is 4.68 Å². The van der Waals surface area contributed by atoms with Gasteiger partial charge in [-0.1, -0.05) is 35.9 Å². The number of ether oxygens (including phenoxy) is 3. The van der Waals surface area contributed by atoms with Crippen LogP contribution in [0.15, 0.2) is 48.5 Å². The molecule has 7 heteroatoms. The molecule has 0 amide bonds. The van der Waals surface area contributed by atoms with E-state index in [9.17, 15) is 4.79 Å². The first kappa shape index (κ1) is 21.0. The van der Waals surface area contributed by atoms with E-state index in [-0.39, 0.29) is 18.0 Å². The van der Waals surface area contributed by atoms with E-state index in [4.69, 9.17) is 30.9 Å². The van der Waals surface area contributed by atoms with Gasteiger partial charge in [0.25, 0.3) is 0 Å². The number of nitrogens with zero attached hydrogens (tertiary/aromatic N) is 2. The number of methoxy groups -OCH3 is 1. The van der Waals surface area contributed by atoms with Crippen LogP contribution in [0.4, 0.5) is 0 Å². The number of carbonyl (C=O) groups excluding carboxylic acids is 1. The molecule has 0 saturated carbocycles. The average Bonchev–Trinajstić information content (AvgIpc) is 3.37. The minimum absolute atomic E-state index is 0.0686. The first-order valence-electron chi connectivity index (χ1n) is 10.9. The lowest BCUT2D eigenvalue weighted by atomic mass is 10.0. The Morgan fingerprint density at radius 3 is 2.59 bits per heavy atom. The van der Waals surface area contributed by atoms with E-state index < -0.39 is 0 Å². The van der Waals surface area contributed by atoms with Crippen LogP contribution in [0.5, 0.6) is 5.75 Å². The van der Waals surface area contributed by atoms with Crippen LogP contribution in [0.25, 0.3) is 16.9 Å². The van der Waals surface area contributed by atoms with Crippen LogP contribution in [0.3, 0.4) is 0 Å². The van der Waals surface area contributed by atoms with E-state index in [1.54, 1.807) is 7.11 Å². The Morgan fingerprint density at radius 2 is 1.84 bits per heavy atom. The summed E-state index contributed by atoms with van der Waals surface area (Å²) in [4.78, 5) is 12.7. The monoisotopic (exact) mass is 452 g/mol. The molecule has 0 spiro atoms. The Kier molecular flexibility index (Phi) is 5.89. The molecule has 1 aliphatic heterocycles. The Hall–Kier alpha value is -2.83.